The molecule has 2 aromatic carbocycles. The highest BCUT2D eigenvalue weighted by molar-refractivity contribution is 5.95. The molecule has 0 spiro atoms. The van der Waals surface area contributed by atoms with Crippen LogP contribution in [0.2, 0.25) is 0 Å². The lowest BCUT2D eigenvalue weighted by molar-refractivity contribution is 0.0928. The Kier molecular flexibility index (Phi) is 5.84. The maximum atomic E-state index is 12.3. The van der Waals surface area contributed by atoms with E-state index in [1.165, 1.54) is 0 Å². The Morgan fingerprint density at radius 1 is 0.893 bits per heavy atom. The molecule has 0 fully saturated rings. The summed E-state index contributed by atoms with van der Waals surface area (Å²) in [4.78, 5) is 28.8. The van der Waals surface area contributed by atoms with E-state index in [1.54, 1.807) is 55.5 Å². The van der Waals surface area contributed by atoms with Gasteiger partial charge in [0, 0.05) is 22.7 Å². The van der Waals surface area contributed by atoms with Crippen molar-refractivity contribution in [2.45, 2.75) is 32.9 Å². The fourth-order valence-corrected chi connectivity index (χ4v) is 2.60. The fraction of sp³-hybridized carbons (Fsp3) is 0.238. The van der Waals surface area contributed by atoms with Gasteiger partial charge in [0.15, 0.2) is 0 Å². The number of hydrogen-bond donors (Lipinski definition) is 2. The van der Waals surface area contributed by atoms with E-state index in [9.17, 15) is 9.59 Å². The van der Waals surface area contributed by atoms with Crippen LogP contribution >= 0.6 is 0 Å². The Bertz CT molecular complexity index is 967. The Labute approximate surface area is 163 Å². The standard InChI is InChI=1S/C21H22N4O3/c1-13(2)22-20(27)17-11-7-10-16(12-17)18-24-21(28-25-18)14(3)23-19(26)15-8-5-4-6-9-15/h4-14H,1-3H3,(H,22,27)(H,23,26)/t14-/m1/s1. The van der Waals surface area contributed by atoms with Gasteiger partial charge in [0.2, 0.25) is 11.7 Å². The molecule has 1 heterocycles. The minimum Gasteiger partial charge on any atom is -0.350 e. The van der Waals surface area contributed by atoms with Gasteiger partial charge in [-0.3, -0.25) is 9.59 Å². The SMILES string of the molecule is CC(C)NC(=O)c1cccc(-c2noc([C@@H](C)NC(=O)c3ccccc3)n2)c1. The zero-order valence-electron chi connectivity index (χ0n) is 16.0. The maximum absolute atomic E-state index is 12.3. The molecule has 0 unspecified atom stereocenters. The number of nitrogens with zero attached hydrogens (tertiary/aromatic N) is 2. The smallest absolute Gasteiger partial charge is 0.251 e. The van der Waals surface area contributed by atoms with Crippen molar-refractivity contribution in [2.24, 2.45) is 0 Å². The van der Waals surface area contributed by atoms with E-state index in [0.29, 0.717) is 22.5 Å². The van der Waals surface area contributed by atoms with Crippen LogP contribution < -0.4 is 10.6 Å². The van der Waals surface area contributed by atoms with Gasteiger partial charge < -0.3 is 15.2 Å². The van der Waals surface area contributed by atoms with Crippen LogP contribution in [0.5, 0.6) is 0 Å². The minimum absolute atomic E-state index is 0.0435. The molecule has 0 saturated carbocycles. The zero-order chi connectivity index (χ0) is 20.1. The van der Waals surface area contributed by atoms with Gasteiger partial charge in [-0.25, -0.2) is 0 Å². The first-order chi connectivity index (χ1) is 13.4. The van der Waals surface area contributed by atoms with Crippen molar-refractivity contribution in [3.05, 3.63) is 71.6 Å². The number of amides is 2. The summed E-state index contributed by atoms with van der Waals surface area (Å²) < 4.78 is 5.31. The van der Waals surface area contributed by atoms with Gasteiger partial charge in [0.25, 0.3) is 11.8 Å². The van der Waals surface area contributed by atoms with E-state index < -0.39 is 6.04 Å². The number of rotatable bonds is 6. The van der Waals surface area contributed by atoms with Crippen LogP contribution in [0.15, 0.2) is 59.1 Å². The number of benzene rings is 2. The first kappa shape index (κ1) is 19.3. The van der Waals surface area contributed by atoms with Gasteiger partial charge in [-0.1, -0.05) is 35.5 Å². The van der Waals surface area contributed by atoms with E-state index >= 15 is 0 Å². The van der Waals surface area contributed by atoms with Crippen LogP contribution in [0.3, 0.4) is 0 Å². The van der Waals surface area contributed by atoms with Crippen molar-refractivity contribution in [1.29, 1.82) is 0 Å². The number of carbonyl (C=O) groups is 2. The third kappa shape index (κ3) is 4.62. The van der Waals surface area contributed by atoms with E-state index in [0.717, 1.165) is 0 Å². The van der Waals surface area contributed by atoms with Crippen molar-refractivity contribution >= 4 is 11.8 Å². The highest BCUT2D eigenvalue weighted by Crippen LogP contribution is 2.20. The van der Waals surface area contributed by atoms with E-state index in [4.69, 9.17) is 4.52 Å². The van der Waals surface area contributed by atoms with E-state index in [1.807, 2.05) is 19.9 Å². The van der Waals surface area contributed by atoms with Crippen molar-refractivity contribution in [1.82, 2.24) is 20.8 Å². The summed E-state index contributed by atoms with van der Waals surface area (Å²) in [7, 11) is 0. The molecule has 3 rings (SSSR count). The van der Waals surface area contributed by atoms with Gasteiger partial charge in [0.05, 0.1) is 0 Å². The van der Waals surface area contributed by atoms with Crippen LogP contribution in [0, 0.1) is 0 Å². The van der Waals surface area contributed by atoms with Crippen LogP contribution in [-0.2, 0) is 0 Å². The van der Waals surface area contributed by atoms with Gasteiger partial charge in [-0.2, -0.15) is 4.98 Å². The molecule has 2 amide bonds. The molecule has 7 heteroatoms. The quantitative estimate of drug-likeness (QED) is 0.685. The second-order valence-corrected chi connectivity index (χ2v) is 6.73. The second-order valence-electron chi connectivity index (χ2n) is 6.73. The predicted octanol–water partition coefficient (Wildman–Crippen LogP) is 3.37. The molecule has 7 nitrogen and oxygen atoms in total. The molecule has 3 aromatic rings. The first-order valence-corrected chi connectivity index (χ1v) is 9.05. The highest BCUT2D eigenvalue weighted by Gasteiger charge is 2.18. The van der Waals surface area contributed by atoms with Gasteiger partial charge in [0.1, 0.15) is 6.04 Å². The van der Waals surface area contributed by atoms with Crippen LogP contribution in [0.25, 0.3) is 11.4 Å². The molecule has 0 aliphatic carbocycles. The molecule has 1 aromatic heterocycles. The lowest BCUT2D eigenvalue weighted by Gasteiger charge is -2.09. The molecular weight excluding hydrogens is 356 g/mol. The summed E-state index contributed by atoms with van der Waals surface area (Å²) in [6.07, 6.45) is 0. The van der Waals surface area contributed by atoms with Crippen LogP contribution in [-0.4, -0.2) is 28.0 Å². The number of nitrogens with one attached hydrogen (secondary N) is 2. The van der Waals surface area contributed by atoms with Crippen molar-refractivity contribution in [3.63, 3.8) is 0 Å². The van der Waals surface area contributed by atoms with Gasteiger partial charge >= 0.3 is 0 Å². The summed E-state index contributed by atoms with van der Waals surface area (Å²) in [6, 6.07) is 15.5. The lowest BCUT2D eigenvalue weighted by atomic mass is 10.1. The summed E-state index contributed by atoms with van der Waals surface area (Å²) in [6.45, 7) is 5.57. The van der Waals surface area contributed by atoms with Crippen molar-refractivity contribution < 1.29 is 14.1 Å². The van der Waals surface area contributed by atoms with Gasteiger partial charge in [-0.15, -0.1) is 0 Å². The molecule has 28 heavy (non-hydrogen) atoms. The number of carbonyl (C=O) groups excluding carboxylic acids is 2. The van der Waals surface area contributed by atoms with Crippen molar-refractivity contribution in [2.75, 3.05) is 0 Å². The molecule has 0 bridgehead atoms. The Morgan fingerprint density at radius 3 is 2.29 bits per heavy atom. The summed E-state index contributed by atoms with van der Waals surface area (Å²) in [5.74, 6) is 0.260. The molecule has 0 radical (unpaired) electrons. The van der Waals surface area contributed by atoms with Gasteiger partial charge in [-0.05, 0) is 45.0 Å². The monoisotopic (exact) mass is 378 g/mol. The van der Waals surface area contributed by atoms with E-state index in [2.05, 4.69) is 20.8 Å². The Hall–Kier alpha value is -3.48. The van der Waals surface area contributed by atoms with Crippen LogP contribution in [0.4, 0.5) is 0 Å². The molecule has 0 saturated heterocycles. The molecule has 0 aliphatic rings. The van der Waals surface area contributed by atoms with Crippen LogP contribution in [0.1, 0.15) is 53.4 Å². The van der Waals surface area contributed by atoms with E-state index in [-0.39, 0.29) is 23.7 Å². The maximum Gasteiger partial charge on any atom is 0.251 e. The molecule has 0 aliphatic heterocycles. The Morgan fingerprint density at radius 2 is 1.57 bits per heavy atom. The second kappa shape index (κ2) is 8.47. The van der Waals surface area contributed by atoms with Crippen molar-refractivity contribution in [3.8, 4) is 11.4 Å². The minimum atomic E-state index is -0.457. The number of hydrogen-bond acceptors (Lipinski definition) is 5. The summed E-state index contributed by atoms with van der Waals surface area (Å²) >= 11 is 0. The molecule has 2 N–H and O–H groups in total. The fourth-order valence-electron chi connectivity index (χ4n) is 2.60. The normalized spacial score (nSPS) is 11.9. The summed E-state index contributed by atoms with van der Waals surface area (Å²) in [5, 5.41) is 9.66. The lowest BCUT2D eigenvalue weighted by Crippen LogP contribution is -2.30. The average Bonchev–Trinajstić information content (AvgIpc) is 3.18. The summed E-state index contributed by atoms with van der Waals surface area (Å²) in [5.41, 5.74) is 1.73. The average molecular weight is 378 g/mol. The highest BCUT2D eigenvalue weighted by atomic mass is 16.5. The molecular formula is C21H22N4O3. The third-order valence-electron chi connectivity index (χ3n) is 4.00. The number of aromatic nitrogens is 2. The largest absolute Gasteiger partial charge is 0.350 e. The first-order valence-electron chi connectivity index (χ1n) is 9.05. The predicted molar refractivity (Wildman–Crippen MR) is 105 cm³/mol. The third-order valence-corrected chi connectivity index (χ3v) is 4.00. The zero-order valence-corrected chi connectivity index (χ0v) is 16.0. The molecule has 1 atom stereocenters. The molecule has 144 valence electrons. The Balaban J connectivity index is 1.73. The topological polar surface area (TPSA) is 97.1 Å².